The molecule has 3 aromatic rings. The summed E-state index contributed by atoms with van der Waals surface area (Å²) in [5, 5.41) is 19.3. The van der Waals surface area contributed by atoms with Gasteiger partial charge >= 0.3 is 0 Å². The van der Waals surface area contributed by atoms with Gasteiger partial charge in [0.2, 0.25) is 11.9 Å². The Hall–Kier alpha value is -3.52. The van der Waals surface area contributed by atoms with Gasteiger partial charge in [0.15, 0.2) is 5.11 Å². The molecule has 0 radical (unpaired) electrons. The van der Waals surface area contributed by atoms with Gasteiger partial charge in [-0.3, -0.25) is 10.3 Å². The van der Waals surface area contributed by atoms with Gasteiger partial charge in [-0.25, -0.2) is 9.97 Å². The Kier molecular flexibility index (Phi) is 7.72. The van der Waals surface area contributed by atoms with Crippen molar-refractivity contribution in [1.29, 1.82) is 0 Å². The number of hydrogen-bond acceptors (Lipinski definition) is 5. The van der Waals surface area contributed by atoms with Crippen molar-refractivity contribution in [3.63, 3.8) is 0 Å². The first-order chi connectivity index (χ1) is 15.3. The van der Waals surface area contributed by atoms with Crippen molar-refractivity contribution in [2.45, 2.75) is 34.1 Å². The Morgan fingerprint density at radius 1 is 0.906 bits per heavy atom. The molecular formula is C24H28N6OS. The minimum atomic E-state index is 0.246. The molecule has 166 valence electrons. The van der Waals surface area contributed by atoms with Crippen molar-refractivity contribution < 1.29 is 5.11 Å². The van der Waals surface area contributed by atoms with Crippen LogP contribution in [0.25, 0.3) is 0 Å². The second kappa shape index (κ2) is 10.7. The lowest BCUT2D eigenvalue weighted by atomic mass is 10.1. The van der Waals surface area contributed by atoms with Crippen LogP contribution in [0.2, 0.25) is 0 Å². The van der Waals surface area contributed by atoms with E-state index >= 15 is 0 Å². The molecule has 0 spiro atoms. The molecule has 2 aromatic carbocycles. The molecule has 8 heteroatoms. The van der Waals surface area contributed by atoms with Crippen LogP contribution in [-0.2, 0) is 6.42 Å². The fourth-order valence-electron chi connectivity index (χ4n) is 3.05. The summed E-state index contributed by atoms with van der Waals surface area (Å²) in [6.45, 7) is 8.48. The molecule has 0 unspecified atom stereocenters. The highest BCUT2D eigenvalue weighted by atomic mass is 32.1. The molecule has 0 aliphatic heterocycles. The van der Waals surface area contributed by atoms with E-state index in [1.165, 1.54) is 11.1 Å². The van der Waals surface area contributed by atoms with E-state index in [0.29, 0.717) is 30.0 Å². The SMILES string of the molecule is Cc1cc(C)nc(NC(=NCCc2ccc(O)cc2)NC(=S)Nc2ccc(C)c(C)c2)n1. The third-order valence-electron chi connectivity index (χ3n) is 4.82. The number of nitrogens with zero attached hydrogens (tertiary/aromatic N) is 3. The third-order valence-corrected chi connectivity index (χ3v) is 5.02. The van der Waals surface area contributed by atoms with E-state index in [4.69, 9.17) is 12.2 Å². The van der Waals surface area contributed by atoms with Crippen LogP contribution < -0.4 is 16.0 Å². The van der Waals surface area contributed by atoms with Gasteiger partial charge in [-0.15, -0.1) is 0 Å². The van der Waals surface area contributed by atoms with Gasteiger partial charge in [-0.05, 0) is 93.4 Å². The molecule has 0 aliphatic rings. The van der Waals surface area contributed by atoms with Gasteiger partial charge in [-0.1, -0.05) is 18.2 Å². The average Bonchev–Trinajstić information content (AvgIpc) is 2.71. The molecule has 7 nitrogen and oxygen atoms in total. The van der Waals surface area contributed by atoms with Crippen molar-refractivity contribution >= 4 is 34.9 Å². The Morgan fingerprint density at radius 2 is 1.59 bits per heavy atom. The van der Waals surface area contributed by atoms with E-state index in [9.17, 15) is 5.11 Å². The summed E-state index contributed by atoms with van der Waals surface area (Å²) in [5.74, 6) is 1.15. The largest absolute Gasteiger partial charge is 0.508 e. The maximum Gasteiger partial charge on any atom is 0.229 e. The number of aliphatic imine (C=N–C) groups is 1. The molecule has 0 bridgehead atoms. The number of aromatic nitrogens is 2. The van der Waals surface area contributed by atoms with Crippen LogP contribution in [0.1, 0.15) is 28.1 Å². The summed E-state index contributed by atoms with van der Waals surface area (Å²) in [4.78, 5) is 13.5. The van der Waals surface area contributed by atoms with E-state index in [-0.39, 0.29) is 5.75 Å². The van der Waals surface area contributed by atoms with E-state index < -0.39 is 0 Å². The first-order valence-electron chi connectivity index (χ1n) is 10.4. The predicted molar refractivity (Wildman–Crippen MR) is 135 cm³/mol. The number of thiocarbonyl (C=S) groups is 1. The van der Waals surface area contributed by atoms with E-state index in [1.807, 2.05) is 44.2 Å². The lowest BCUT2D eigenvalue weighted by molar-refractivity contribution is 0.475. The number of aromatic hydroxyl groups is 1. The van der Waals surface area contributed by atoms with Crippen LogP contribution >= 0.6 is 12.2 Å². The normalized spacial score (nSPS) is 11.2. The van der Waals surface area contributed by atoms with Crippen LogP contribution in [0.15, 0.2) is 53.5 Å². The average molecular weight is 449 g/mol. The molecule has 0 fully saturated rings. The Labute approximate surface area is 194 Å². The summed E-state index contributed by atoms with van der Waals surface area (Å²) in [6.07, 6.45) is 0.707. The molecule has 3 rings (SSSR count). The van der Waals surface area contributed by atoms with Crippen molar-refractivity contribution in [3.05, 3.63) is 76.6 Å². The van der Waals surface area contributed by atoms with Gasteiger partial charge in [0.05, 0.1) is 0 Å². The van der Waals surface area contributed by atoms with Gasteiger partial charge in [0.1, 0.15) is 5.75 Å². The number of phenolic OH excluding ortho intramolecular Hbond substituents is 1. The monoisotopic (exact) mass is 448 g/mol. The Balaban J connectivity index is 1.72. The summed E-state index contributed by atoms with van der Waals surface area (Å²) in [6, 6.07) is 15.1. The second-order valence-corrected chi connectivity index (χ2v) is 8.03. The van der Waals surface area contributed by atoms with Gasteiger partial charge in [0, 0.05) is 23.6 Å². The quantitative estimate of drug-likeness (QED) is 0.261. The highest BCUT2D eigenvalue weighted by Gasteiger charge is 2.08. The number of aryl methyl sites for hydroxylation is 4. The predicted octanol–water partition coefficient (Wildman–Crippen LogP) is 4.41. The minimum Gasteiger partial charge on any atom is -0.508 e. The van der Waals surface area contributed by atoms with Crippen LogP contribution in [-0.4, -0.2) is 32.7 Å². The molecule has 1 aromatic heterocycles. The molecule has 1 heterocycles. The number of phenols is 1. The molecular weight excluding hydrogens is 420 g/mol. The lowest BCUT2D eigenvalue weighted by Gasteiger charge is -2.15. The van der Waals surface area contributed by atoms with Crippen molar-refractivity contribution in [2.24, 2.45) is 4.99 Å². The van der Waals surface area contributed by atoms with Crippen molar-refractivity contribution in [3.8, 4) is 5.75 Å². The van der Waals surface area contributed by atoms with Gasteiger partial charge in [0.25, 0.3) is 0 Å². The van der Waals surface area contributed by atoms with Crippen molar-refractivity contribution in [2.75, 3.05) is 17.2 Å². The van der Waals surface area contributed by atoms with E-state index in [0.717, 1.165) is 22.6 Å². The van der Waals surface area contributed by atoms with Gasteiger partial charge < -0.3 is 15.7 Å². The first kappa shape index (κ1) is 23.1. The topological polar surface area (TPSA) is 94.5 Å². The molecule has 0 aliphatic carbocycles. The Morgan fingerprint density at radius 3 is 2.25 bits per heavy atom. The molecule has 0 saturated heterocycles. The number of anilines is 2. The highest BCUT2D eigenvalue weighted by Crippen LogP contribution is 2.14. The van der Waals surface area contributed by atoms with Crippen molar-refractivity contribution in [1.82, 2.24) is 15.3 Å². The van der Waals surface area contributed by atoms with Crippen LogP contribution in [0.3, 0.4) is 0 Å². The van der Waals surface area contributed by atoms with Crippen LogP contribution in [0.4, 0.5) is 11.6 Å². The third kappa shape index (κ3) is 7.02. The summed E-state index contributed by atoms with van der Waals surface area (Å²) < 4.78 is 0. The van der Waals surface area contributed by atoms with Gasteiger partial charge in [-0.2, -0.15) is 0 Å². The lowest BCUT2D eigenvalue weighted by Crippen LogP contribution is -2.39. The molecule has 0 atom stereocenters. The zero-order valence-corrected chi connectivity index (χ0v) is 19.5. The second-order valence-electron chi connectivity index (χ2n) is 7.62. The number of rotatable bonds is 5. The summed E-state index contributed by atoms with van der Waals surface area (Å²) in [5.41, 5.74) is 6.10. The fraction of sp³-hybridized carbons (Fsp3) is 0.250. The number of nitrogens with one attached hydrogen (secondary N) is 3. The van der Waals surface area contributed by atoms with Crippen LogP contribution in [0, 0.1) is 27.7 Å². The maximum atomic E-state index is 9.45. The Bertz CT molecular complexity index is 1110. The van der Waals surface area contributed by atoms with E-state index in [1.54, 1.807) is 12.1 Å². The zero-order chi connectivity index (χ0) is 23.1. The number of hydrogen-bond donors (Lipinski definition) is 4. The van der Waals surface area contributed by atoms with Crippen LogP contribution in [0.5, 0.6) is 5.75 Å². The standard InChI is InChI=1S/C24H28N6OS/c1-15-5-8-20(13-16(15)2)28-24(32)30-22(29-23-26-17(3)14-18(4)27-23)25-12-11-19-6-9-21(31)10-7-19/h5-10,13-14,31H,11-12H2,1-4H3,(H3,25,26,27,28,29,30,32). The fourth-order valence-corrected chi connectivity index (χ4v) is 3.26. The smallest absolute Gasteiger partial charge is 0.229 e. The summed E-state index contributed by atoms with van der Waals surface area (Å²) >= 11 is 5.50. The molecule has 0 saturated carbocycles. The summed E-state index contributed by atoms with van der Waals surface area (Å²) in [7, 11) is 0. The minimum absolute atomic E-state index is 0.246. The number of guanidine groups is 1. The van der Waals surface area contributed by atoms with E-state index in [2.05, 4.69) is 50.8 Å². The maximum absolute atomic E-state index is 9.45. The molecule has 32 heavy (non-hydrogen) atoms. The number of benzene rings is 2. The molecule has 4 N–H and O–H groups in total. The zero-order valence-electron chi connectivity index (χ0n) is 18.7. The molecule has 0 amide bonds. The first-order valence-corrected chi connectivity index (χ1v) is 10.8. The highest BCUT2D eigenvalue weighted by molar-refractivity contribution is 7.80.